The second-order valence-corrected chi connectivity index (χ2v) is 8.00. The number of alkyl carbamates (subject to hydrolysis) is 1. The number of aromatic nitrogens is 4. The van der Waals surface area contributed by atoms with Gasteiger partial charge < -0.3 is 30.4 Å². The van der Waals surface area contributed by atoms with Crippen molar-refractivity contribution in [3.05, 3.63) is 52.6 Å². The van der Waals surface area contributed by atoms with Gasteiger partial charge in [0.15, 0.2) is 11.2 Å². The molecule has 0 fully saturated rings. The van der Waals surface area contributed by atoms with Gasteiger partial charge in [-0.15, -0.1) is 0 Å². The van der Waals surface area contributed by atoms with Crippen molar-refractivity contribution >= 4 is 29.2 Å². The first-order chi connectivity index (χ1) is 16.8. The largest absolute Gasteiger partial charge is 0.461 e. The van der Waals surface area contributed by atoms with Crippen molar-refractivity contribution in [2.24, 2.45) is 5.92 Å². The Kier molecular flexibility index (Phi) is 8.75. The predicted octanol–water partition coefficient (Wildman–Crippen LogP) is 0.531. The van der Waals surface area contributed by atoms with Crippen LogP contribution in [0.5, 0.6) is 0 Å². The van der Waals surface area contributed by atoms with Crippen LogP contribution in [0.25, 0.3) is 11.2 Å². The lowest BCUT2D eigenvalue weighted by molar-refractivity contribution is -0.154. The Hall–Kier alpha value is -3.97. The van der Waals surface area contributed by atoms with E-state index in [9.17, 15) is 19.5 Å². The second kappa shape index (κ2) is 11.9. The molecule has 2 atom stereocenters. The molecule has 188 valence electrons. The Morgan fingerprint density at radius 3 is 2.66 bits per heavy atom. The average Bonchev–Trinajstić information content (AvgIpc) is 3.24. The van der Waals surface area contributed by atoms with Crippen molar-refractivity contribution in [1.82, 2.24) is 24.8 Å². The first-order valence-corrected chi connectivity index (χ1v) is 10.9. The molecule has 0 spiro atoms. The number of H-pyrrole nitrogens is 1. The molecule has 0 aliphatic carbocycles. The summed E-state index contributed by atoms with van der Waals surface area (Å²) in [6, 6.07) is 8.16. The molecule has 5 N–H and O–H groups in total. The van der Waals surface area contributed by atoms with Crippen LogP contribution in [0.3, 0.4) is 0 Å². The number of nitrogens with two attached hydrogens (primary N) is 1. The number of benzene rings is 1. The third-order valence-electron chi connectivity index (χ3n) is 4.96. The minimum absolute atomic E-state index is 0.0578. The zero-order valence-corrected chi connectivity index (χ0v) is 19.3. The summed E-state index contributed by atoms with van der Waals surface area (Å²) in [5, 5.41) is 12.1. The lowest BCUT2D eigenvalue weighted by Gasteiger charge is -2.22. The highest BCUT2D eigenvalue weighted by atomic mass is 16.6. The number of carbonyl (C=O) groups is 2. The van der Waals surface area contributed by atoms with Crippen LogP contribution in [-0.2, 0) is 32.3 Å². The normalized spacial score (nSPS) is 12.9. The van der Waals surface area contributed by atoms with Crippen LogP contribution in [0.1, 0.15) is 19.4 Å². The molecule has 0 saturated carbocycles. The van der Waals surface area contributed by atoms with Crippen LogP contribution in [0.15, 0.2) is 41.5 Å². The maximum atomic E-state index is 12.6. The van der Waals surface area contributed by atoms with E-state index in [1.165, 1.54) is 10.9 Å². The molecule has 0 unspecified atom stereocenters. The van der Waals surface area contributed by atoms with Crippen LogP contribution < -0.4 is 16.6 Å². The standard InChI is InChI=1S/C22H28N6O7/c1-13(2)16(25-22(32)34-9-14-6-4-3-5-7-14)20(31)33-10-15(8-29)35-12-28-11-24-17-18(28)26-21(23)27-19(17)30/h3-7,11,13,15-16,29H,8-10,12H2,1-2H3,(H,25,32)(H3,23,26,27,30)/t15-,16+/m1/s1. The topological polar surface area (TPSA) is 184 Å². The average molecular weight is 489 g/mol. The Morgan fingerprint density at radius 2 is 1.97 bits per heavy atom. The van der Waals surface area contributed by atoms with Crippen molar-refractivity contribution in [2.75, 3.05) is 18.9 Å². The van der Waals surface area contributed by atoms with Gasteiger partial charge in [0.05, 0.1) is 12.9 Å². The molecule has 0 aliphatic rings. The molecule has 0 saturated heterocycles. The molecule has 13 nitrogen and oxygen atoms in total. The lowest BCUT2D eigenvalue weighted by atomic mass is 10.1. The summed E-state index contributed by atoms with van der Waals surface area (Å²) in [7, 11) is 0. The number of anilines is 1. The zero-order chi connectivity index (χ0) is 25.4. The number of esters is 1. The summed E-state index contributed by atoms with van der Waals surface area (Å²) in [6.45, 7) is 2.69. The van der Waals surface area contributed by atoms with Crippen LogP contribution in [-0.4, -0.2) is 62.0 Å². The van der Waals surface area contributed by atoms with Crippen LogP contribution in [0, 0.1) is 5.92 Å². The minimum atomic E-state index is -0.964. The fraction of sp³-hybridized carbons (Fsp3) is 0.409. The molecular weight excluding hydrogens is 460 g/mol. The van der Waals surface area contributed by atoms with E-state index >= 15 is 0 Å². The molecule has 0 bridgehead atoms. The summed E-state index contributed by atoms with van der Waals surface area (Å²) in [6.07, 6.45) is -0.297. The number of hydrogen-bond donors (Lipinski definition) is 4. The first-order valence-electron chi connectivity index (χ1n) is 10.9. The van der Waals surface area contributed by atoms with Gasteiger partial charge in [0.1, 0.15) is 32.1 Å². The maximum Gasteiger partial charge on any atom is 0.408 e. The van der Waals surface area contributed by atoms with Crippen molar-refractivity contribution < 1.29 is 28.9 Å². The number of nitrogens with one attached hydrogen (secondary N) is 2. The number of nitrogen functional groups attached to an aromatic ring is 1. The quantitative estimate of drug-likeness (QED) is 0.278. The van der Waals surface area contributed by atoms with Crippen molar-refractivity contribution in [3.8, 4) is 0 Å². The SMILES string of the molecule is CC(C)[C@H](NC(=O)OCc1ccccc1)C(=O)OC[C@@H](CO)OCn1cnc2c(=O)[nH]c(N)nc21. The van der Waals surface area contributed by atoms with E-state index in [1.54, 1.807) is 13.8 Å². The third kappa shape index (κ3) is 7.01. The smallest absolute Gasteiger partial charge is 0.408 e. The van der Waals surface area contributed by atoms with E-state index in [-0.39, 0.29) is 43.0 Å². The molecular formula is C22H28N6O7. The van der Waals surface area contributed by atoms with E-state index < -0.39 is 36.4 Å². The Morgan fingerprint density at radius 1 is 1.23 bits per heavy atom. The number of imidazole rings is 1. The van der Waals surface area contributed by atoms with Gasteiger partial charge in [0, 0.05) is 0 Å². The number of ether oxygens (including phenoxy) is 3. The molecule has 1 amide bonds. The van der Waals surface area contributed by atoms with Gasteiger partial charge in [-0.25, -0.2) is 14.6 Å². The number of amides is 1. The highest BCUT2D eigenvalue weighted by molar-refractivity contribution is 5.81. The number of hydrogen-bond acceptors (Lipinski definition) is 10. The van der Waals surface area contributed by atoms with Gasteiger partial charge >= 0.3 is 12.1 Å². The van der Waals surface area contributed by atoms with Crippen molar-refractivity contribution in [2.45, 2.75) is 39.3 Å². The predicted molar refractivity (Wildman–Crippen MR) is 124 cm³/mol. The molecule has 3 rings (SSSR count). The van der Waals surface area contributed by atoms with Gasteiger partial charge in [-0.3, -0.25) is 14.3 Å². The molecule has 0 radical (unpaired) electrons. The third-order valence-corrected chi connectivity index (χ3v) is 4.96. The summed E-state index contributed by atoms with van der Waals surface area (Å²) in [5.74, 6) is -1.06. The van der Waals surface area contributed by atoms with Crippen LogP contribution in [0.4, 0.5) is 10.7 Å². The molecule has 3 aromatic rings. The number of aliphatic hydroxyl groups excluding tert-OH is 1. The van der Waals surface area contributed by atoms with Gasteiger partial charge in [0.2, 0.25) is 5.95 Å². The zero-order valence-electron chi connectivity index (χ0n) is 19.3. The van der Waals surface area contributed by atoms with E-state index in [1.807, 2.05) is 30.3 Å². The van der Waals surface area contributed by atoms with Crippen LogP contribution in [0.2, 0.25) is 0 Å². The number of aliphatic hydroxyl groups is 1. The van der Waals surface area contributed by atoms with Crippen LogP contribution >= 0.6 is 0 Å². The highest BCUT2D eigenvalue weighted by Crippen LogP contribution is 2.09. The minimum Gasteiger partial charge on any atom is -0.461 e. The number of carbonyl (C=O) groups excluding carboxylic acids is 2. The summed E-state index contributed by atoms with van der Waals surface area (Å²) in [4.78, 5) is 46.9. The van der Waals surface area contributed by atoms with Crippen molar-refractivity contribution in [1.29, 1.82) is 0 Å². The van der Waals surface area contributed by atoms with Gasteiger partial charge in [-0.1, -0.05) is 44.2 Å². The monoisotopic (exact) mass is 488 g/mol. The molecule has 0 aliphatic heterocycles. The van der Waals surface area contributed by atoms with E-state index in [4.69, 9.17) is 19.9 Å². The molecule has 13 heteroatoms. The summed E-state index contributed by atoms with van der Waals surface area (Å²) in [5.41, 5.74) is 6.17. The van der Waals surface area contributed by atoms with Crippen molar-refractivity contribution in [3.63, 3.8) is 0 Å². The fourth-order valence-corrected chi connectivity index (χ4v) is 3.06. The van der Waals surface area contributed by atoms with E-state index in [0.717, 1.165) is 5.56 Å². The van der Waals surface area contributed by atoms with Gasteiger partial charge in [0.25, 0.3) is 5.56 Å². The summed E-state index contributed by atoms with van der Waals surface area (Å²) >= 11 is 0. The molecule has 2 aromatic heterocycles. The lowest BCUT2D eigenvalue weighted by Crippen LogP contribution is -2.46. The molecule has 2 heterocycles. The Bertz CT molecular complexity index is 1190. The number of nitrogens with zero attached hydrogens (tertiary/aromatic N) is 3. The molecule has 35 heavy (non-hydrogen) atoms. The number of aromatic amines is 1. The fourth-order valence-electron chi connectivity index (χ4n) is 3.06. The Labute approximate surface area is 200 Å². The van der Waals surface area contributed by atoms with E-state index in [2.05, 4.69) is 20.3 Å². The highest BCUT2D eigenvalue weighted by Gasteiger charge is 2.27. The number of rotatable bonds is 11. The second-order valence-electron chi connectivity index (χ2n) is 8.00. The first kappa shape index (κ1) is 25.6. The maximum absolute atomic E-state index is 12.6. The molecule has 1 aromatic carbocycles. The van der Waals surface area contributed by atoms with E-state index in [0.29, 0.717) is 0 Å². The number of fused-ring (bicyclic) bond motifs is 1. The van der Waals surface area contributed by atoms with Gasteiger partial charge in [-0.2, -0.15) is 4.98 Å². The van der Waals surface area contributed by atoms with Gasteiger partial charge in [-0.05, 0) is 11.5 Å². The summed E-state index contributed by atoms with van der Waals surface area (Å²) < 4.78 is 17.4. The Balaban J connectivity index is 1.51.